The third-order valence-corrected chi connectivity index (χ3v) is 11.4. The summed E-state index contributed by atoms with van der Waals surface area (Å²) in [5.74, 6) is -0.346. The van der Waals surface area contributed by atoms with Gasteiger partial charge in [0.15, 0.2) is 0 Å². The zero-order valence-corrected chi connectivity index (χ0v) is 39.6. The molecule has 0 aliphatic carbocycles. The Bertz CT molecular complexity index is 1020. The zero-order chi connectivity index (χ0) is 42.7. The van der Waals surface area contributed by atoms with Crippen molar-refractivity contribution in [2.45, 2.75) is 219 Å². The lowest BCUT2D eigenvalue weighted by molar-refractivity contribution is -0.870. The Balaban J connectivity index is 4.18. The molecule has 0 aromatic heterocycles. The van der Waals surface area contributed by atoms with Crippen LogP contribution in [0, 0.1) is 0 Å². The Hall–Kier alpha value is -1.28. The lowest BCUT2D eigenvalue weighted by atomic mass is 10.1. The Kier molecular flexibility index (Phi) is 41.5. The van der Waals surface area contributed by atoms with Crippen LogP contribution in [0.3, 0.4) is 0 Å². The predicted octanol–water partition coefficient (Wildman–Crippen LogP) is 13.9. The van der Waals surface area contributed by atoms with Crippen LogP contribution >= 0.6 is 7.82 Å². The van der Waals surface area contributed by atoms with Crippen molar-refractivity contribution < 1.29 is 37.3 Å². The fourth-order valence-electron chi connectivity index (χ4n) is 6.63. The number of allylic oxidation sites excluding steroid dienone is 6. The fourth-order valence-corrected chi connectivity index (χ4v) is 7.36. The molecule has 0 aliphatic heterocycles. The van der Waals surface area contributed by atoms with Gasteiger partial charge in [-0.2, -0.15) is 0 Å². The third kappa shape index (κ3) is 45.8. The van der Waals surface area contributed by atoms with Crippen molar-refractivity contribution in [3.8, 4) is 0 Å². The molecule has 0 bridgehead atoms. The van der Waals surface area contributed by atoms with Crippen molar-refractivity contribution >= 4 is 13.8 Å². The Morgan fingerprint density at radius 3 is 1.43 bits per heavy atom. The Morgan fingerprint density at radius 2 is 0.948 bits per heavy atom. The summed E-state index contributed by atoms with van der Waals surface area (Å²) in [5.41, 5.74) is 0. The van der Waals surface area contributed by atoms with Crippen LogP contribution < -0.4 is 4.89 Å². The van der Waals surface area contributed by atoms with Crippen LogP contribution in [-0.2, 0) is 27.9 Å². The molecule has 0 saturated carbocycles. The van der Waals surface area contributed by atoms with E-state index in [2.05, 4.69) is 50.3 Å². The minimum absolute atomic E-state index is 0.0232. The number of rotatable bonds is 45. The molecule has 0 radical (unpaired) electrons. The van der Waals surface area contributed by atoms with Gasteiger partial charge in [0.05, 0.1) is 34.4 Å². The quantitative estimate of drug-likeness (QED) is 0.0198. The number of hydrogen-bond donors (Lipinski definition) is 0. The molecule has 0 rings (SSSR count). The maximum absolute atomic E-state index is 12.7. The van der Waals surface area contributed by atoms with Gasteiger partial charge in [0.25, 0.3) is 7.82 Å². The van der Waals surface area contributed by atoms with E-state index in [0.29, 0.717) is 24.1 Å². The van der Waals surface area contributed by atoms with E-state index in [1.165, 1.54) is 135 Å². The molecule has 0 aromatic rings. The van der Waals surface area contributed by atoms with E-state index < -0.39 is 13.9 Å². The number of hydrogen-bond acceptors (Lipinski definition) is 7. The summed E-state index contributed by atoms with van der Waals surface area (Å²) in [6.07, 6.45) is 50.1. The number of unbranched alkanes of at least 4 members (excludes halogenated alkanes) is 25. The van der Waals surface area contributed by atoms with Gasteiger partial charge >= 0.3 is 5.97 Å². The summed E-state index contributed by atoms with van der Waals surface area (Å²) in [6.45, 7) is 5.39. The minimum atomic E-state index is -4.53. The number of nitrogens with zero attached hydrogens (tertiary/aromatic N) is 1. The summed E-state index contributed by atoms with van der Waals surface area (Å²) in [6, 6.07) is 0. The first kappa shape index (κ1) is 56.7. The van der Waals surface area contributed by atoms with Gasteiger partial charge < -0.3 is 27.9 Å². The molecule has 2 atom stereocenters. The molecular formula is C49H94NO7P. The first-order valence-corrected chi connectivity index (χ1v) is 25.7. The van der Waals surface area contributed by atoms with Crippen molar-refractivity contribution in [1.29, 1.82) is 0 Å². The maximum atomic E-state index is 12.7. The number of phosphoric ester groups is 1. The van der Waals surface area contributed by atoms with Crippen molar-refractivity contribution in [2.24, 2.45) is 0 Å². The zero-order valence-electron chi connectivity index (χ0n) is 38.7. The number of carbonyl (C=O) groups excluding carboxylic acids is 1. The minimum Gasteiger partial charge on any atom is -0.756 e. The first-order chi connectivity index (χ1) is 28.1. The van der Waals surface area contributed by atoms with Crippen molar-refractivity contribution in [2.75, 3.05) is 54.1 Å². The van der Waals surface area contributed by atoms with Crippen LogP contribution in [0.5, 0.6) is 0 Å². The van der Waals surface area contributed by atoms with Crippen LogP contribution in [0.4, 0.5) is 0 Å². The van der Waals surface area contributed by atoms with E-state index in [1.54, 1.807) is 0 Å². The van der Waals surface area contributed by atoms with Crippen LogP contribution in [-0.4, -0.2) is 70.7 Å². The highest BCUT2D eigenvalue weighted by Gasteiger charge is 2.20. The van der Waals surface area contributed by atoms with Gasteiger partial charge in [-0.25, -0.2) is 0 Å². The lowest BCUT2D eigenvalue weighted by Gasteiger charge is -2.28. The first-order valence-electron chi connectivity index (χ1n) is 24.2. The van der Waals surface area contributed by atoms with Gasteiger partial charge in [0.2, 0.25) is 0 Å². The molecule has 342 valence electrons. The highest BCUT2D eigenvalue weighted by molar-refractivity contribution is 7.45. The Labute approximate surface area is 359 Å². The highest BCUT2D eigenvalue weighted by Crippen LogP contribution is 2.38. The van der Waals surface area contributed by atoms with Crippen molar-refractivity contribution in [3.63, 3.8) is 0 Å². The number of ether oxygens (including phenoxy) is 2. The number of likely N-dealkylation sites (N-methyl/N-ethyl adjacent to an activating group) is 1. The van der Waals surface area contributed by atoms with E-state index >= 15 is 0 Å². The summed E-state index contributed by atoms with van der Waals surface area (Å²) in [5, 5.41) is 0. The standard InChI is InChI=1S/C49H94NO7P/c1-6-8-10-12-14-16-18-20-22-24-25-26-27-29-31-33-35-37-39-41-44-54-46-48(47-56-58(52,53)55-45-43-50(3,4)5)57-49(51)42-40-38-36-34-32-30-28-23-21-19-17-15-13-11-9-7-2/h17,19-20,22-23,28,48H,6-16,18,21,24-27,29-47H2,1-5H3/b19-17-,22-20-,28-23-. The normalized spacial score (nSPS) is 14.0. The summed E-state index contributed by atoms with van der Waals surface area (Å²) >= 11 is 0. The lowest BCUT2D eigenvalue weighted by Crippen LogP contribution is -2.37. The molecule has 0 spiro atoms. The predicted molar refractivity (Wildman–Crippen MR) is 245 cm³/mol. The average Bonchev–Trinajstić information content (AvgIpc) is 3.18. The third-order valence-electron chi connectivity index (χ3n) is 10.4. The molecule has 0 amide bonds. The second-order valence-corrected chi connectivity index (χ2v) is 18.9. The van der Waals surface area contributed by atoms with Gasteiger partial charge in [-0.3, -0.25) is 9.36 Å². The molecule has 0 aliphatic rings. The van der Waals surface area contributed by atoms with Gasteiger partial charge in [0, 0.05) is 13.0 Å². The molecule has 0 saturated heterocycles. The van der Waals surface area contributed by atoms with E-state index in [9.17, 15) is 14.3 Å². The second kappa shape index (κ2) is 42.4. The average molecular weight is 840 g/mol. The summed E-state index contributed by atoms with van der Waals surface area (Å²) in [7, 11) is 1.35. The smallest absolute Gasteiger partial charge is 0.306 e. The molecule has 0 fully saturated rings. The van der Waals surface area contributed by atoms with E-state index in [1.807, 2.05) is 21.1 Å². The van der Waals surface area contributed by atoms with Gasteiger partial charge in [-0.15, -0.1) is 0 Å². The molecule has 8 nitrogen and oxygen atoms in total. The van der Waals surface area contributed by atoms with Crippen molar-refractivity contribution in [3.05, 3.63) is 36.5 Å². The topological polar surface area (TPSA) is 94.1 Å². The van der Waals surface area contributed by atoms with Crippen molar-refractivity contribution in [1.82, 2.24) is 0 Å². The molecule has 2 unspecified atom stereocenters. The largest absolute Gasteiger partial charge is 0.756 e. The molecular weight excluding hydrogens is 746 g/mol. The van der Waals surface area contributed by atoms with Crippen LogP contribution in [0.2, 0.25) is 0 Å². The fraction of sp³-hybridized carbons (Fsp3) is 0.857. The Morgan fingerprint density at radius 1 is 0.534 bits per heavy atom. The number of carbonyl (C=O) groups is 1. The van der Waals surface area contributed by atoms with Gasteiger partial charge in [-0.1, -0.05) is 172 Å². The summed E-state index contributed by atoms with van der Waals surface area (Å²) < 4.78 is 34.7. The van der Waals surface area contributed by atoms with E-state index in [0.717, 1.165) is 57.8 Å². The SMILES string of the molecule is CCCCCC/C=C\C/C=C\CCCCCCCC(=O)OC(COCCCCCCCCCCCC/C=C\CCCCCCCC)COP(=O)([O-])OCC[N+](C)(C)C. The van der Waals surface area contributed by atoms with Gasteiger partial charge in [0.1, 0.15) is 19.3 Å². The van der Waals surface area contributed by atoms with E-state index in [4.69, 9.17) is 18.5 Å². The summed E-state index contributed by atoms with van der Waals surface area (Å²) in [4.78, 5) is 25.1. The maximum Gasteiger partial charge on any atom is 0.306 e. The number of esters is 1. The number of phosphoric acid groups is 1. The molecule has 0 aromatic carbocycles. The molecule has 0 heterocycles. The molecule has 58 heavy (non-hydrogen) atoms. The van der Waals surface area contributed by atoms with Gasteiger partial charge in [-0.05, 0) is 70.6 Å². The number of quaternary nitrogens is 1. The molecule has 0 N–H and O–H groups in total. The second-order valence-electron chi connectivity index (χ2n) is 17.5. The van der Waals surface area contributed by atoms with Crippen LogP contribution in [0.1, 0.15) is 213 Å². The van der Waals surface area contributed by atoms with E-state index in [-0.39, 0.29) is 25.8 Å². The van der Waals surface area contributed by atoms with Crippen LogP contribution in [0.15, 0.2) is 36.5 Å². The molecule has 9 heteroatoms. The monoisotopic (exact) mass is 840 g/mol. The highest BCUT2D eigenvalue weighted by atomic mass is 31.2. The van der Waals surface area contributed by atoms with Crippen LogP contribution in [0.25, 0.3) is 0 Å².